The van der Waals surface area contributed by atoms with Crippen molar-refractivity contribution < 1.29 is 14.3 Å². The van der Waals surface area contributed by atoms with Crippen molar-refractivity contribution in [3.8, 4) is 11.3 Å². The second-order valence-electron chi connectivity index (χ2n) is 10.4. The van der Waals surface area contributed by atoms with Gasteiger partial charge in [-0.1, -0.05) is 0 Å². The number of amides is 1. The number of imidazole rings is 1. The number of carbonyl (C=O) groups excluding carboxylic acids is 1. The summed E-state index contributed by atoms with van der Waals surface area (Å²) in [5.41, 5.74) is 4.44. The van der Waals surface area contributed by atoms with Crippen LogP contribution in [0.25, 0.3) is 16.9 Å². The van der Waals surface area contributed by atoms with Crippen molar-refractivity contribution in [1.82, 2.24) is 24.3 Å². The third-order valence-corrected chi connectivity index (χ3v) is 6.55. The van der Waals surface area contributed by atoms with E-state index in [1.807, 2.05) is 46.2 Å². The van der Waals surface area contributed by atoms with Crippen LogP contribution in [-0.2, 0) is 9.47 Å². The highest BCUT2D eigenvalue weighted by molar-refractivity contribution is 5.69. The highest BCUT2D eigenvalue weighted by atomic mass is 16.6. The Kier molecular flexibility index (Phi) is 6.35. The average Bonchev–Trinajstić information content (AvgIpc) is 3.24. The van der Waals surface area contributed by atoms with Crippen molar-refractivity contribution in [2.24, 2.45) is 0 Å². The lowest BCUT2D eigenvalue weighted by molar-refractivity contribution is 0.0240. The Morgan fingerprint density at radius 3 is 2.46 bits per heavy atom. The van der Waals surface area contributed by atoms with Gasteiger partial charge in [-0.05, 0) is 52.7 Å². The van der Waals surface area contributed by atoms with Crippen LogP contribution >= 0.6 is 0 Å². The molecule has 2 saturated heterocycles. The molecule has 0 atom stereocenters. The van der Waals surface area contributed by atoms with Crippen LogP contribution in [0.4, 0.5) is 10.6 Å². The number of fused-ring (bicyclic) bond motifs is 1. The monoisotopic (exact) mass is 478 g/mol. The molecule has 9 nitrogen and oxygen atoms in total. The quantitative estimate of drug-likeness (QED) is 0.561. The first kappa shape index (κ1) is 23.5. The van der Waals surface area contributed by atoms with Crippen molar-refractivity contribution in [3.05, 3.63) is 42.1 Å². The fraction of sp³-hybridized carbons (Fsp3) is 0.538. The first-order valence-electron chi connectivity index (χ1n) is 12.4. The molecule has 5 rings (SSSR count). The van der Waals surface area contributed by atoms with Crippen LogP contribution in [0.15, 0.2) is 30.7 Å². The first-order chi connectivity index (χ1) is 16.8. The Labute approximate surface area is 206 Å². The molecule has 0 bridgehead atoms. The number of hydrogen-bond acceptors (Lipinski definition) is 7. The maximum absolute atomic E-state index is 12.3. The third kappa shape index (κ3) is 5.10. The topological polar surface area (TPSA) is 85.1 Å². The minimum Gasteiger partial charge on any atom is -0.444 e. The van der Waals surface area contributed by atoms with Gasteiger partial charge in [-0.2, -0.15) is 0 Å². The van der Waals surface area contributed by atoms with Gasteiger partial charge in [-0.3, -0.25) is 9.38 Å². The number of ether oxygens (including phenoxy) is 2. The summed E-state index contributed by atoms with van der Waals surface area (Å²) in [6.45, 7) is 11.9. The standard InChI is InChI=1S/C26H34N6O3/c1-18-17-32-21(16-28-23(24(32)29-18)19-7-13-34-14-8-19)20-5-6-22(27-15-20)30-9-11-31(12-10-30)25(33)35-26(2,3)4/h5-6,15-17,19H,7-14H2,1-4H3. The van der Waals surface area contributed by atoms with Gasteiger partial charge >= 0.3 is 6.09 Å². The number of anilines is 1. The number of carbonyl (C=O) groups is 1. The number of piperazine rings is 1. The molecule has 1 amide bonds. The van der Waals surface area contributed by atoms with Crippen molar-refractivity contribution in [1.29, 1.82) is 0 Å². The number of aromatic nitrogens is 4. The molecule has 0 unspecified atom stereocenters. The largest absolute Gasteiger partial charge is 0.444 e. The molecular formula is C26H34N6O3. The summed E-state index contributed by atoms with van der Waals surface area (Å²) in [5.74, 6) is 1.28. The molecule has 2 aliphatic rings. The van der Waals surface area contributed by atoms with Crippen molar-refractivity contribution in [2.45, 2.75) is 52.1 Å². The fourth-order valence-electron chi connectivity index (χ4n) is 4.75. The van der Waals surface area contributed by atoms with E-state index in [1.54, 1.807) is 4.90 Å². The van der Waals surface area contributed by atoms with Crippen LogP contribution in [-0.4, -0.2) is 75.3 Å². The molecule has 0 saturated carbocycles. The van der Waals surface area contributed by atoms with Gasteiger partial charge in [0.1, 0.15) is 11.4 Å². The van der Waals surface area contributed by atoms with E-state index in [1.165, 1.54) is 0 Å². The molecular weight excluding hydrogens is 444 g/mol. The Bertz CT molecular complexity index is 1190. The van der Waals surface area contributed by atoms with Gasteiger partial charge in [-0.15, -0.1) is 0 Å². The van der Waals surface area contributed by atoms with Gasteiger partial charge in [0.05, 0.1) is 23.3 Å². The number of rotatable bonds is 3. The molecule has 186 valence electrons. The fourth-order valence-corrected chi connectivity index (χ4v) is 4.75. The SMILES string of the molecule is Cc1cn2c(-c3ccc(N4CCN(C(=O)OC(C)(C)C)CC4)nc3)cnc(C3CCOCC3)c2n1. The number of nitrogens with zero attached hydrogens (tertiary/aromatic N) is 6. The molecule has 2 fully saturated rings. The van der Waals surface area contributed by atoms with Gasteiger partial charge in [0, 0.05) is 63.3 Å². The molecule has 3 aromatic rings. The van der Waals surface area contributed by atoms with E-state index in [9.17, 15) is 4.79 Å². The van der Waals surface area contributed by atoms with E-state index < -0.39 is 5.60 Å². The predicted octanol–water partition coefficient (Wildman–Crippen LogP) is 4.05. The lowest BCUT2D eigenvalue weighted by Gasteiger charge is -2.36. The smallest absolute Gasteiger partial charge is 0.410 e. The third-order valence-electron chi connectivity index (χ3n) is 6.55. The first-order valence-corrected chi connectivity index (χ1v) is 12.4. The van der Waals surface area contributed by atoms with Crippen LogP contribution in [0.2, 0.25) is 0 Å². The highest BCUT2D eigenvalue weighted by Gasteiger charge is 2.27. The molecule has 9 heteroatoms. The van der Waals surface area contributed by atoms with Crippen LogP contribution in [0.5, 0.6) is 0 Å². The molecule has 35 heavy (non-hydrogen) atoms. The minimum atomic E-state index is -0.483. The second-order valence-corrected chi connectivity index (χ2v) is 10.4. The molecule has 0 spiro atoms. The Balaban J connectivity index is 1.31. The van der Waals surface area contributed by atoms with Crippen LogP contribution in [0.3, 0.4) is 0 Å². The minimum absolute atomic E-state index is 0.253. The van der Waals surface area contributed by atoms with E-state index in [4.69, 9.17) is 24.4 Å². The van der Waals surface area contributed by atoms with Crippen LogP contribution < -0.4 is 4.90 Å². The summed E-state index contributed by atoms with van der Waals surface area (Å²) in [7, 11) is 0. The lowest BCUT2D eigenvalue weighted by atomic mass is 9.96. The van der Waals surface area contributed by atoms with Gasteiger partial charge in [0.25, 0.3) is 0 Å². The number of pyridine rings is 1. The zero-order valence-corrected chi connectivity index (χ0v) is 21.0. The molecule has 5 heterocycles. The normalized spacial score (nSPS) is 17.7. The van der Waals surface area contributed by atoms with E-state index in [0.29, 0.717) is 19.0 Å². The summed E-state index contributed by atoms with van der Waals surface area (Å²) >= 11 is 0. The maximum Gasteiger partial charge on any atom is 0.410 e. The second kappa shape index (κ2) is 9.45. The van der Waals surface area contributed by atoms with Crippen molar-refractivity contribution in [2.75, 3.05) is 44.3 Å². The van der Waals surface area contributed by atoms with Gasteiger partial charge in [0.15, 0.2) is 5.65 Å². The maximum atomic E-state index is 12.3. The summed E-state index contributed by atoms with van der Waals surface area (Å²) in [6.07, 6.45) is 7.61. The van der Waals surface area contributed by atoms with Gasteiger partial charge in [0.2, 0.25) is 0 Å². The Morgan fingerprint density at radius 1 is 1.06 bits per heavy atom. The van der Waals surface area contributed by atoms with Crippen LogP contribution in [0, 0.1) is 6.92 Å². The zero-order valence-electron chi connectivity index (χ0n) is 21.0. The Morgan fingerprint density at radius 2 is 1.80 bits per heavy atom. The zero-order chi connectivity index (χ0) is 24.6. The highest BCUT2D eigenvalue weighted by Crippen LogP contribution is 2.31. The van der Waals surface area contributed by atoms with Crippen molar-refractivity contribution in [3.63, 3.8) is 0 Å². The molecule has 2 aliphatic heterocycles. The average molecular weight is 479 g/mol. The Hall–Kier alpha value is -3.20. The van der Waals surface area contributed by atoms with E-state index in [0.717, 1.165) is 73.3 Å². The summed E-state index contributed by atoms with van der Waals surface area (Å²) in [5, 5.41) is 0. The lowest BCUT2D eigenvalue weighted by Crippen LogP contribution is -2.50. The van der Waals surface area contributed by atoms with E-state index in [2.05, 4.69) is 21.6 Å². The molecule has 0 aliphatic carbocycles. The number of hydrogen-bond donors (Lipinski definition) is 0. The molecule has 0 radical (unpaired) electrons. The summed E-state index contributed by atoms with van der Waals surface area (Å²) < 4.78 is 13.2. The summed E-state index contributed by atoms with van der Waals surface area (Å²) in [4.78, 5) is 30.7. The van der Waals surface area contributed by atoms with E-state index in [-0.39, 0.29) is 6.09 Å². The molecule has 0 N–H and O–H groups in total. The van der Waals surface area contributed by atoms with E-state index >= 15 is 0 Å². The number of aryl methyl sites for hydroxylation is 1. The summed E-state index contributed by atoms with van der Waals surface area (Å²) in [6, 6.07) is 4.13. The molecule has 3 aromatic heterocycles. The van der Waals surface area contributed by atoms with Crippen LogP contribution in [0.1, 0.15) is 50.9 Å². The predicted molar refractivity (Wildman–Crippen MR) is 134 cm³/mol. The van der Waals surface area contributed by atoms with Gasteiger partial charge in [-0.25, -0.2) is 14.8 Å². The van der Waals surface area contributed by atoms with Crippen molar-refractivity contribution >= 4 is 17.6 Å². The molecule has 0 aromatic carbocycles. The van der Waals surface area contributed by atoms with Gasteiger partial charge < -0.3 is 19.3 Å².